The van der Waals surface area contributed by atoms with Crippen LogP contribution in [-0.4, -0.2) is 32.3 Å². The van der Waals surface area contributed by atoms with Crippen molar-refractivity contribution in [3.05, 3.63) is 63.8 Å². The number of fused-ring (bicyclic) bond motifs is 1. The standard InChI is InChI=1S/C26H28N6O2S2/c1-4-11-32-22(13-23(33)28-20-10-9-16(2)12-17(20)3)30-31-26(32)35-15-24(34)29-25-19(14-27)18-7-5-6-8-21(18)36-25/h4,9-10,12H,1,5-8,11,13,15H2,2-3H3,(H,28,33)(H,29,34). The predicted octanol–water partition coefficient (Wildman–Crippen LogP) is 4.80. The second-order valence-corrected chi connectivity index (χ2v) is 10.8. The van der Waals surface area contributed by atoms with E-state index in [4.69, 9.17) is 0 Å². The van der Waals surface area contributed by atoms with Gasteiger partial charge in [0, 0.05) is 17.1 Å². The summed E-state index contributed by atoms with van der Waals surface area (Å²) >= 11 is 2.74. The van der Waals surface area contributed by atoms with Crippen molar-refractivity contribution >= 4 is 45.6 Å². The number of nitriles is 1. The van der Waals surface area contributed by atoms with Gasteiger partial charge in [0.15, 0.2) is 5.16 Å². The van der Waals surface area contributed by atoms with Crippen LogP contribution in [0.15, 0.2) is 36.0 Å². The van der Waals surface area contributed by atoms with E-state index < -0.39 is 0 Å². The fourth-order valence-corrected chi connectivity index (χ4v) is 6.25. The van der Waals surface area contributed by atoms with Gasteiger partial charge in [-0.25, -0.2) is 0 Å². The van der Waals surface area contributed by atoms with Crippen LogP contribution in [0.5, 0.6) is 0 Å². The number of anilines is 2. The number of thioether (sulfide) groups is 1. The van der Waals surface area contributed by atoms with Crippen LogP contribution in [0, 0.1) is 25.2 Å². The molecule has 0 bridgehead atoms. The highest BCUT2D eigenvalue weighted by Gasteiger charge is 2.22. The minimum absolute atomic E-state index is 0.0488. The Balaban J connectivity index is 1.40. The Morgan fingerprint density at radius 1 is 1.22 bits per heavy atom. The Morgan fingerprint density at radius 3 is 2.78 bits per heavy atom. The number of hydrogen-bond acceptors (Lipinski definition) is 7. The van der Waals surface area contributed by atoms with Gasteiger partial charge in [-0.2, -0.15) is 5.26 Å². The van der Waals surface area contributed by atoms with Crippen molar-refractivity contribution in [2.24, 2.45) is 0 Å². The summed E-state index contributed by atoms with van der Waals surface area (Å²) in [6.45, 7) is 8.17. The summed E-state index contributed by atoms with van der Waals surface area (Å²) in [5, 5.41) is 25.0. The molecule has 0 atom stereocenters. The summed E-state index contributed by atoms with van der Waals surface area (Å²) in [5.74, 6) is 0.201. The first-order valence-electron chi connectivity index (χ1n) is 11.8. The molecule has 8 nitrogen and oxygen atoms in total. The summed E-state index contributed by atoms with van der Waals surface area (Å²) in [6, 6.07) is 8.12. The first-order chi connectivity index (χ1) is 17.4. The van der Waals surface area contributed by atoms with Crippen LogP contribution in [0.4, 0.5) is 10.7 Å². The topological polar surface area (TPSA) is 113 Å². The van der Waals surface area contributed by atoms with Crippen molar-refractivity contribution in [1.82, 2.24) is 14.8 Å². The quantitative estimate of drug-likeness (QED) is 0.309. The second-order valence-electron chi connectivity index (χ2n) is 8.71. The zero-order chi connectivity index (χ0) is 25.7. The van der Waals surface area contributed by atoms with Crippen LogP contribution < -0.4 is 10.6 Å². The van der Waals surface area contributed by atoms with Gasteiger partial charge in [0.1, 0.15) is 16.9 Å². The average molecular weight is 521 g/mol. The molecule has 1 aromatic carbocycles. The lowest BCUT2D eigenvalue weighted by molar-refractivity contribution is -0.116. The smallest absolute Gasteiger partial charge is 0.235 e. The molecule has 0 saturated heterocycles. The van der Waals surface area contributed by atoms with Gasteiger partial charge in [-0.1, -0.05) is 35.5 Å². The highest BCUT2D eigenvalue weighted by molar-refractivity contribution is 7.99. The zero-order valence-electron chi connectivity index (χ0n) is 20.4. The van der Waals surface area contributed by atoms with Crippen LogP contribution in [0.1, 0.15) is 45.8 Å². The molecule has 2 heterocycles. The van der Waals surface area contributed by atoms with E-state index in [0.717, 1.165) is 48.1 Å². The molecule has 2 aromatic heterocycles. The minimum Gasteiger partial charge on any atom is -0.325 e. The minimum atomic E-state index is -0.211. The number of allylic oxidation sites excluding steroid dienone is 1. The number of aryl methyl sites for hydroxylation is 3. The van der Waals surface area contributed by atoms with Crippen LogP contribution >= 0.6 is 23.1 Å². The fraction of sp³-hybridized carbons (Fsp3) is 0.346. The molecule has 2 amide bonds. The van der Waals surface area contributed by atoms with E-state index in [-0.39, 0.29) is 24.0 Å². The molecule has 0 spiro atoms. The predicted molar refractivity (Wildman–Crippen MR) is 143 cm³/mol. The van der Waals surface area contributed by atoms with Gasteiger partial charge in [0.25, 0.3) is 0 Å². The molecule has 4 rings (SSSR count). The normalized spacial score (nSPS) is 12.5. The van der Waals surface area contributed by atoms with E-state index in [1.165, 1.54) is 28.0 Å². The summed E-state index contributed by atoms with van der Waals surface area (Å²) < 4.78 is 1.79. The first-order valence-corrected chi connectivity index (χ1v) is 13.6. The highest BCUT2D eigenvalue weighted by Crippen LogP contribution is 2.37. The SMILES string of the molecule is C=CCn1c(CC(=O)Nc2ccc(C)cc2C)nnc1SCC(=O)Nc1sc2c(c1C#N)CCCC2. The summed E-state index contributed by atoms with van der Waals surface area (Å²) in [6.07, 6.45) is 5.80. The Kier molecular flexibility index (Phi) is 8.23. The molecule has 0 radical (unpaired) electrons. The number of thiophene rings is 1. The van der Waals surface area contributed by atoms with Gasteiger partial charge in [0.2, 0.25) is 11.8 Å². The lowest BCUT2D eigenvalue weighted by Crippen LogP contribution is -2.18. The number of hydrogen-bond donors (Lipinski definition) is 2. The van der Waals surface area contributed by atoms with E-state index in [1.807, 2.05) is 32.0 Å². The summed E-state index contributed by atoms with van der Waals surface area (Å²) in [7, 11) is 0. The first kappa shape index (κ1) is 25.7. The third kappa shape index (κ3) is 5.86. The van der Waals surface area contributed by atoms with E-state index in [9.17, 15) is 14.9 Å². The molecule has 36 heavy (non-hydrogen) atoms. The molecule has 186 valence electrons. The lowest BCUT2D eigenvalue weighted by atomic mass is 9.96. The Morgan fingerprint density at radius 2 is 2.03 bits per heavy atom. The molecular weight excluding hydrogens is 492 g/mol. The molecule has 0 unspecified atom stereocenters. The summed E-state index contributed by atoms with van der Waals surface area (Å²) in [4.78, 5) is 26.6. The van der Waals surface area contributed by atoms with Crippen molar-refractivity contribution in [1.29, 1.82) is 5.26 Å². The maximum absolute atomic E-state index is 12.7. The van der Waals surface area contributed by atoms with Crippen LogP contribution in [0.2, 0.25) is 0 Å². The van der Waals surface area contributed by atoms with E-state index in [2.05, 4.69) is 33.5 Å². The lowest BCUT2D eigenvalue weighted by Gasteiger charge is -2.10. The number of nitrogens with zero attached hydrogens (tertiary/aromatic N) is 4. The maximum atomic E-state index is 12.7. The molecule has 1 aliphatic rings. The number of carbonyl (C=O) groups excluding carboxylic acids is 2. The van der Waals surface area contributed by atoms with Gasteiger partial charge in [-0.15, -0.1) is 28.1 Å². The van der Waals surface area contributed by atoms with Gasteiger partial charge in [0.05, 0.1) is 17.7 Å². The summed E-state index contributed by atoms with van der Waals surface area (Å²) in [5.41, 5.74) is 4.57. The number of benzene rings is 1. The molecule has 2 N–H and O–H groups in total. The third-order valence-corrected chi connectivity index (χ3v) is 8.12. The molecule has 0 fully saturated rings. The fourth-order valence-electron chi connectivity index (χ4n) is 4.23. The van der Waals surface area contributed by atoms with Crippen LogP contribution in [0.3, 0.4) is 0 Å². The molecular formula is C26H28N6O2S2. The monoisotopic (exact) mass is 520 g/mol. The number of amides is 2. The number of aromatic nitrogens is 3. The van der Waals surface area contributed by atoms with Gasteiger partial charge in [-0.3, -0.25) is 9.59 Å². The van der Waals surface area contributed by atoms with Crippen LogP contribution in [-0.2, 0) is 35.4 Å². The molecule has 1 aliphatic carbocycles. The number of carbonyl (C=O) groups is 2. The number of nitrogens with one attached hydrogen (secondary N) is 2. The zero-order valence-corrected chi connectivity index (χ0v) is 22.0. The van der Waals surface area contributed by atoms with Crippen molar-refractivity contribution in [3.63, 3.8) is 0 Å². The largest absolute Gasteiger partial charge is 0.325 e. The Hall–Kier alpha value is -3.42. The van der Waals surface area contributed by atoms with Crippen molar-refractivity contribution < 1.29 is 9.59 Å². The average Bonchev–Trinajstić information content (AvgIpc) is 3.39. The highest BCUT2D eigenvalue weighted by atomic mass is 32.2. The molecule has 10 heteroatoms. The second kappa shape index (κ2) is 11.5. The van der Waals surface area contributed by atoms with Crippen LogP contribution in [0.25, 0.3) is 0 Å². The Bertz CT molecular complexity index is 1350. The maximum Gasteiger partial charge on any atom is 0.235 e. The van der Waals surface area contributed by atoms with Gasteiger partial charge in [-0.05, 0) is 56.7 Å². The van der Waals surface area contributed by atoms with E-state index >= 15 is 0 Å². The molecule has 0 aliphatic heterocycles. The van der Waals surface area contributed by atoms with Gasteiger partial charge >= 0.3 is 0 Å². The van der Waals surface area contributed by atoms with Gasteiger partial charge < -0.3 is 15.2 Å². The van der Waals surface area contributed by atoms with Crippen molar-refractivity contribution in [3.8, 4) is 6.07 Å². The van der Waals surface area contributed by atoms with Crippen molar-refractivity contribution in [2.75, 3.05) is 16.4 Å². The molecule has 3 aromatic rings. The van der Waals surface area contributed by atoms with Crippen molar-refractivity contribution in [2.45, 2.75) is 57.7 Å². The Labute approximate surface area is 218 Å². The molecule has 0 saturated carbocycles. The van der Waals surface area contributed by atoms with E-state index in [1.54, 1.807) is 10.6 Å². The van der Waals surface area contributed by atoms with E-state index in [0.29, 0.717) is 28.1 Å². The third-order valence-electron chi connectivity index (χ3n) is 5.95. The number of rotatable bonds is 9.